The Balaban J connectivity index is 2.46. The molecule has 1 saturated carbocycles. The number of amides is 1. The van der Waals surface area contributed by atoms with Gasteiger partial charge in [-0.2, -0.15) is 0 Å². The van der Waals surface area contributed by atoms with E-state index in [1.165, 1.54) is 0 Å². The Labute approximate surface area is 73.9 Å². The molecule has 0 aromatic rings. The van der Waals surface area contributed by atoms with E-state index in [9.17, 15) is 4.79 Å². The molecule has 1 rings (SSSR count). The van der Waals surface area contributed by atoms with E-state index >= 15 is 0 Å². The van der Waals surface area contributed by atoms with E-state index in [0.717, 1.165) is 25.8 Å². The smallest absolute Gasteiger partial charge is 0.239 e. The van der Waals surface area contributed by atoms with Gasteiger partial charge in [0, 0.05) is 12.6 Å². The van der Waals surface area contributed by atoms with Crippen LogP contribution in [0.3, 0.4) is 0 Å². The van der Waals surface area contributed by atoms with Gasteiger partial charge in [0.05, 0.1) is 6.04 Å². The van der Waals surface area contributed by atoms with Gasteiger partial charge in [0.25, 0.3) is 0 Å². The normalized spacial score (nSPS) is 18.9. The van der Waals surface area contributed by atoms with Crippen molar-refractivity contribution in [2.45, 2.75) is 45.2 Å². The molecule has 0 heterocycles. The summed E-state index contributed by atoms with van der Waals surface area (Å²) in [6.07, 6.45) is 3.06. The highest BCUT2D eigenvalue weighted by Gasteiger charge is 2.32. The maximum absolute atomic E-state index is 11.6. The topological polar surface area (TPSA) is 46.3 Å². The lowest BCUT2D eigenvalue weighted by Crippen LogP contribution is -2.44. The third-order valence-corrected chi connectivity index (χ3v) is 2.37. The van der Waals surface area contributed by atoms with Crippen molar-refractivity contribution in [1.82, 2.24) is 4.90 Å². The Morgan fingerprint density at radius 3 is 2.50 bits per heavy atom. The predicted octanol–water partition coefficient (Wildman–Crippen LogP) is 0.735. The van der Waals surface area contributed by atoms with Gasteiger partial charge in [0.1, 0.15) is 0 Å². The Hall–Kier alpha value is -0.570. The molecule has 1 atom stereocenters. The fourth-order valence-electron chi connectivity index (χ4n) is 1.37. The van der Waals surface area contributed by atoms with E-state index in [-0.39, 0.29) is 11.9 Å². The fraction of sp³-hybridized carbons (Fsp3) is 0.889. The van der Waals surface area contributed by atoms with E-state index < -0.39 is 0 Å². The molecule has 0 radical (unpaired) electrons. The van der Waals surface area contributed by atoms with Crippen LogP contribution in [-0.4, -0.2) is 29.4 Å². The third kappa shape index (κ3) is 1.97. The lowest BCUT2D eigenvalue weighted by Gasteiger charge is -2.23. The van der Waals surface area contributed by atoms with Crippen LogP contribution < -0.4 is 5.73 Å². The summed E-state index contributed by atoms with van der Waals surface area (Å²) >= 11 is 0. The molecule has 1 fully saturated rings. The van der Waals surface area contributed by atoms with Crippen molar-refractivity contribution < 1.29 is 4.79 Å². The van der Waals surface area contributed by atoms with Crippen LogP contribution >= 0.6 is 0 Å². The van der Waals surface area contributed by atoms with Crippen LogP contribution in [0.25, 0.3) is 0 Å². The van der Waals surface area contributed by atoms with Crippen molar-refractivity contribution in [3.63, 3.8) is 0 Å². The standard InChI is InChI=1S/C9H18N2O/c1-3-8(10)9(12)11(4-2)7-5-6-7/h7-8H,3-6,10H2,1-2H3. The quantitative estimate of drug-likeness (QED) is 0.676. The molecular formula is C9H18N2O. The number of carbonyl (C=O) groups is 1. The Bertz CT molecular complexity index is 166. The lowest BCUT2D eigenvalue weighted by atomic mass is 10.2. The highest BCUT2D eigenvalue weighted by molar-refractivity contribution is 5.82. The summed E-state index contributed by atoms with van der Waals surface area (Å²) in [5.74, 6) is 0.127. The molecule has 0 saturated heterocycles. The van der Waals surface area contributed by atoms with Crippen LogP contribution in [0.2, 0.25) is 0 Å². The van der Waals surface area contributed by atoms with Gasteiger partial charge in [0.2, 0.25) is 5.91 Å². The number of hydrogen-bond acceptors (Lipinski definition) is 2. The lowest BCUT2D eigenvalue weighted by molar-refractivity contribution is -0.133. The number of hydrogen-bond donors (Lipinski definition) is 1. The molecule has 3 heteroatoms. The molecule has 70 valence electrons. The van der Waals surface area contributed by atoms with Gasteiger partial charge in [-0.15, -0.1) is 0 Å². The first-order chi connectivity index (χ1) is 5.70. The number of rotatable bonds is 4. The van der Waals surface area contributed by atoms with Gasteiger partial charge in [0.15, 0.2) is 0 Å². The first-order valence-electron chi connectivity index (χ1n) is 4.76. The SMILES string of the molecule is CCC(N)C(=O)N(CC)C1CC1. The van der Waals surface area contributed by atoms with Crippen molar-refractivity contribution in [2.75, 3.05) is 6.54 Å². The summed E-state index contributed by atoms with van der Waals surface area (Å²) in [5.41, 5.74) is 5.67. The minimum Gasteiger partial charge on any atom is -0.339 e. The van der Waals surface area contributed by atoms with Crippen molar-refractivity contribution in [1.29, 1.82) is 0 Å². The average Bonchev–Trinajstić information content (AvgIpc) is 2.88. The first kappa shape index (κ1) is 9.52. The second-order valence-corrected chi connectivity index (χ2v) is 3.37. The Morgan fingerprint density at radius 1 is 1.58 bits per heavy atom. The second kappa shape index (κ2) is 3.90. The van der Waals surface area contributed by atoms with Crippen LogP contribution in [0.5, 0.6) is 0 Å². The van der Waals surface area contributed by atoms with E-state index in [4.69, 9.17) is 5.73 Å². The summed E-state index contributed by atoms with van der Waals surface area (Å²) in [7, 11) is 0. The van der Waals surface area contributed by atoms with Crippen LogP contribution in [0, 0.1) is 0 Å². The monoisotopic (exact) mass is 170 g/mol. The number of nitrogens with zero attached hydrogens (tertiary/aromatic N) is 1. The van der Waals surface area contributed by atoms with Gasteiger partial charge in [-0.3, -0.25) is 4.79 Å². The highest BCUT2D eigenvalue weighted by atomic mass is 16.2. The zero-order valence-electron chi connectivity index (χ0n) is 7.92. The molecule has 0 aliphatic heterocycles. The van der Waals surface area contributed by atoms with Crippen molar-refractivity contribution in [3.8, 4) is 0 Å². The maximum Gasteiger partial charge on any atom is 0.239 e. The minimum atomic E-state index is -0.287. The van der Waals surface area contributed by atoms with Crippen LogP contribution in [-0.2, 0) is 4.79 Å². The number of nitrogens with two attached hydrogens (primary N) is 1. The van der Waals surface area contributed by atoms with Gasteiger partial charge in [-0.05, 0) is 26.2 Å². The van der Waals surface area contributed by atoms with E-state index in [1.807, 2.05) is 18.7 Å². The van der Waals surface area contributed by atoms with Gasteiger partial charge < -0.3 is 10.6 Å². The summed E-state index contributed by atoms with van der Waals surface area (Å²) in [5, 5.41) is 0. The second-order valence-electron chi connectivity index (χ2n) is 3.37. The molecule has 1 unspecified atom stereocenters. The van der Waals surface area contributed by atoms with Crippen molar-refractivity contribution in [3.05, 3.63) is 0 Å². The molecule has 1 aliphatic carbocycles. The molecule has 2 N–H and O–H groups in total. The van der Waals surface area contributed by atoms with Gasteiger partial charge in [-0.25, -0.2) is 0 Å². The van der Waals surface area contributed by atoms with Crippen molar-refractivity contribution in [2.24, 2.45) is 5.73 Å². The first-order valence-corrected chi connectivity index (χ1v) is 4.76. The van der Waals surface area contributed by atoms with E-state index in [0.29, 0.717) is 6.04 Å². The molecular weight excluding hydrogens is 152 g/mol. The zero-order valence-corrected chi connectivity index (χ0v) is 7.92. The summed E-state index contributed by atoms with van der Waals surface area (Å²) in [6.45, 7) is 4.76. The highest BCUT2D eigenvalue weighted by Crippen LogP contribution is 2.26. The molecule has 1 aliphatic rings. The number of carbonyl (C=O) groups excluding carboxylic acids is 1. The molecule has 1 amide bonds. The molecule has 0 aromatic carbocycles. The predicted molar refractivity (Wildman–Crippen MR) is 48.7 cm³/mol. The Morgan fingerprint density at radius 2 is 2.17 bits per heavy atom. The summed E-state index contributed by atoms with van der Waals surface area (Å²) in [4.78, 5) is 13.5. The molecule has 12 heavy (non-hydrogen) atoms. The maximum atomic E-state index is 11.6. The Kier molecular flexibility index (Phi) is 3.09. The van der Waals surface area contributed by atoms with E-state index in [2.05, 4.69) is 0 Å². The molecule has 0 bridgehead atoms. The van der Waals surface area contributed by atoms with Crippen LogP contribution in [0.4, 0.5) is 0 Å². The third-order valence-electron chi connectivity index (χ3n) is 2.37. The molecule has 0 aromatic heterocycles. The van der Waals surface area contributed by atoms with Gasteiger partial charge in [-0.1, -0.05) is 6.92 Å². The van der Waals surface area contributed by atoms with Crippen LogP contribution in [0.1, 0.15) is 33.1 Å². The summed E-state index contributed by atoms with van der Waals surface area (Å²) in [6, 6.07) is 0.214. The van der Waals surface area contributed by atoms with Crippen molar-refractivity contribution >= 4 is 5.91 Å². The minimum absolute atomic E-state index is 0.127. The largest absolute Gasteiger partial charge is 0.339 e. The average molecular weight is 170 g/mol. The number of likely N-dealkylation sites (N-methyl/N-ethyl adjacent to an activating group) is 1. The fourth-order valence-corrected chi connectivity index (χ4v) is 1.37. The van der Waals surface area contributed by atoms with Crippen LogP contribution in [0.15, 0.2) is 0 Å². The van der Waals surface area contributed by atoms with E-state index in [1.54, 1.807) is 0 Å². The summed E-state index contributed by atoms with van der Waals surface area (Å²) < 4.78 is 0. The zero-order chi connectivity index (χ0) is 9.14. The molecule has 3 nitrogen and oxygen atoms in total. The molecule has 0 spiro atoms. The van der Waals surface area contributed by atoms with Gasteiger partial charge >= 0.3 is 0 Å².